The molecule has 0 bridgehead atoms. The van der Waals surface area contributed by atoms with E-state index in [0.29, 0.717) is 23.5 Å². The Morgan fingerprint density at radius 3 is 2.62 bits per heavy atom. The fourth-order valence-electron chi connectivity index (χ4n) is 2.67. The number of nitrogens with one attached hydrogen (secondary N) is 2. The van der Waals surface area contributed by atoms with E-state index in [9.17, 15) is 14.4 Å². The van der Waals surface area contributed by atoms with Gasteiger partial charge in [-0.1, -0.05) is 23.7 Å². The Morgan fingerprint density at radius 1 is 1.17 bits per heavy atom. The molecule has 1 saturated heterocycles. The summed E-state index contributed by atoms with van der Waals surface area (Å²) in [6.45, 7) is 2.22. The van der Waals surface area contributed by atoms with Crippen LogP contribution in [0, 0.1) is 0 Å². The summed E-state index contributed by atoms with van der Waals surface area (Å²) in [6.07, 6.45) is 1.47. The third kappa shape index (κ3) is 4.85. The number of imide groups is 1. The summed E-state index contributed by atoms with van der Waals surface area (Å²) < 4.78 is 11.4. The number of ether oxygens (including phenoxy) is 2. The van der Waals surface area contributed by atoms with Gasteiger partial charge in [0.05, 0.1) is 17.2 Å². The molecule has 3 N–H and O–H groups in total. The highest BCUT2D eigenvalue weighted by molar-refractivity contribution is 6.32. The lowest BCUT2D eigenvalue weighted by atomic mass is 10.1. The Morgan fingerprint density at radius 2 is 1.97 bits per heavy atom. The predicted octanol–water partition coefficient (Wildman–Crippen LogP) is 3.20. The molecule has 0 radical (unpaired) electrons. The molecule has 150 valence electrons. The number of halogens is 1. The van der Waals surface area contributed by atoms with Gasteiger partial charge in [-0.2, -0.15) is 0 Å². The minimum Gasteiger partial charge on any atom is -0.490 e. The van der Waals surface area contributed by atoms with E-state index in [0.717, 1.165) is 0 Å². The Balaban J connectivity index is 1.86. The van der Waals surface area contributed by atoms with Crippen LogP contribution in [0.5, 0.6) is 11.5 Å². The number of benzene rings is 2. The highest BCUT2D eigenvalue weighted by Gasteiger charge is 2.23. The smallest absolute Gasteiger partial charge is 0.335 e. The molecule has 1 heterocycles. The molecule has 8 nitrogen and oxygen atoms in total. The number of hydrogen-bond donors (Lipinski definition) is 3. The maximum Gasteiger partial charge on any atom is 0.335 e. The van der Waals surface area contributed by atoms with Gasteiger partial charge < -0.3 is 19.9 Å². The van der Waals surface area contributed by atoms with Crippen molar-refractivity contribution in [2.24, 2.45) is 0 Å². The van der Waals surface area contributed by atoms with Crippen LogP contribution in [0.2, 0.25) is 5.02 Å². The zero-order valence-corrected chi connectivity index (χ0v) is 16.1. The molecule has 9 heteroatoms. The highest BCUT2D eigenvalue weighted by atomic mass is 35.5. The average Bonchev–Trinajstić information content (AvgIpc) is 2.98. The molecule has 0 atom stereocenters. The molecule has 29 heavy (non-hydrogen) atoms. The van der Waals surface area contributed by atoms with E-state index in [1.807, 2.05) is 0 Å². The van der Waals surface area contributed by atoms with Crippen molar-refractivity contribution in [3.8, 4) is 11.5 Å². The van der Waals surface area contributed by atoms with Crippen LogP contribution in [-0.2, 0) is 11.4 Å². The molecular formula is C20H17ClN2O6. The van der Waals surface area contributed by atoms with Crippen molar-refractivity contribution in [1.29, 1.82) is 0 Å². The quantitative estimate of drug-likeness (QED) is 0.471. The number of carbonyl (C=O) groups is 3. The fourth-order valence-corrected chi connectivity index (χ4v) is 2.95. The van der Waals surface area contributed by atoms with E-state index in [4.69, 9.17) is 26.2 Å². The molecule has 0 saturated carbocycles. The van der Waals surface area contributed by atoms with Crippen molar-refractivity contribution < 1.29 is 29.0 Å². The molecular weight excluding hydrogens is 400 g/mol. The van der Waals surface area contributed by atoms with Crippen LogP contribution in [0.3, 0.4) is 0 Å². The van der Waals surface area contributed by atoms with Crippen molar-refractivity contribution in [3.05, 3.63) is 63.8 Å². The summed E-state index contributed by atoms with van der Waals surface area (Å²) in [7, 11) is 0. The largest absolute Gasteiger partial charge is 0.490 e. The van der Waals surface area contributed by atoms with E-state index < -0.39 is 17.9 Å². The van der Waals surface area contributed by atoms with E-state index in [-0.39, 0.29) is 28.6 Å². The summed E-state index contributed by atoms with van der Waals surface area (Å²) in [5.74, 6) is -0.926. The first-order chi connectivity index (χ1) is 13.9. The van der Waals surface area contributed by atoms with E-state index in [1.165, 1.54) is 18.2 Å². The molecule has 2 aromatic rings. The van der Waals surface area contributed by atoms with Gasteiger partial charge in [-0.15, -0.1) is 0 Å². The Kier molecular flexibility index (Phi) is 6.04. The predicted molar refractivity (Wildman–Crippen MR) is 105 cm³/mol. The molecule has 1 fully saturated rings. The Hall–Kier alpha value is -3.52. The van der Waals surface area contributed by atoms with Crippen LogP contribution >= 0.6 is 11.6 Å². The number of carboxylic acids is 1. The van der Waals surface area contributed by atoms with Gasteiger partial charge >= 0.3 is 12.0 Å². The summed E-state index contributed by atoms with van der Waals surface area (Å²) in [6, 6.07) is 8.97. The lowest BCUT2D eigenvalue weighted by Gasteiger charge is -2.15. The highest BCUT2D eigenvalue weighted by Crippen LogP contribution is 2.38. The van der Waals surface area contributed by atoms with Crippen molar-refractivity contribution in [2.45, 2.75) is 13.5 Å². The third-order valence-electron chi connectivity index (χ3n) is 3.92. The van der Waals surface area contributed by atoms with E-state index >= 15 is 0 Å². The molecule has 0 aromatic heterocycles. The zero-order valence-electron chi connectivity index (χ0n) is 15.3. The third-order valence-corrected chi connectivity index (χ3v) is 4.20. The zero-order chi connectivity index (χ0) is 21.0. The maximum atomic E-state index is 11.7. The standard InChI is InChI=1S/C20H17ClN2O6/c1-2-28-16-9-12(8-15-18(24)23-20(27)22-15)7-14(21)17(16)29-10-11-4-3-5-13(6-11)19(25)26/h3-9H,2,10H2,1H3,(H,25,26)(H2,22,23,24,27). The number of hydrogen-bond acceptors (Lipinski definition) is 5. The van der Waals surface area contributed by atoms with Gasteiger partial charge in [0.2, 0.25) is 0 Å². The van der Waals surface area contributed by atoms with Crippen molar-refractivity contribution >= 4 is 35.6 Å². The minimum atomic E-state index is -1.03. The van der Waals surface area contributed by atoms with Gasteiger partial charge in [0, 0.05) is 0 Å². The molecule has 3 rings (SSSR count). The van der Waals surface area contributed by atoms with Gasteiger partial charge in [0.1, 0.15) is 12.3 Å². The molecule has 0 unspecified atom stereocenters. The fraction of sp³-hybridized carbons (Fsp3) is 0.150. The van der Waals surface area contributed by atoms with E-state index in [1.54, 1.807) is 31.2 Å². The van der Waals surface area contributed by atoms with Crippen LogP contribution in [0.1, 0.15) is 28.4 Å². The van der Waals surface area contributed by atoms with Gasteiger partial charge in [0.15, 0.2) is 11.5 Å². The monoisotopic (exact) mass is 416 g/mol. The van der Waals surface area contributed by atoms with Gasteiger partial charge in [0.25, 0.3) is 5.91 Å². The van der Waals surface area contributed by atoms with Crippen LogP contribution < -0.4 is 20.1 Å². The second-order valence-corrected chi connectivity index (χ2v) is 6.43. The van der Waals surface area contributed by atoms with E-state index in [2.05, 4.69) is 10.6 Å². The number of rotatable bonds is 7. The lowest BCUT2D eigenvalue weighted by molar-refractivity contribution is -0.115. The Bertz CT molecular complexity index is 1020. The number of amides is 3. The SMILES string of the molecule is CCOc1cc(C=C2NC(=O)NC2=O)cc(Cl)c1OCc1cccc(C(=O)O)c1. The number of carboxylic acid groups (broad SMARTS) is 1. The maximum absolute atomic E-state index is 11.7. The lowest BCUT2D eigenvalue weighted by Crippen LogP contribution is -2.22. The molecule has 0 spiro atoms. The number of urea groups is 1. The van der Waals surface area contributed by atoms with Crippen LogP contribution in [-0.4, -0.2) is 29.6 Å². The normalized spacial score (nSPS) is 14.5. The average molecular weight is 417 g/mol. The van der Waals surface area contributed by atoms with Crippen molar-refractivity contribution in [2.75, 3.05) is 6.61 Å². The van der Waals surface area contributed by atoms with Gasteiger partial charge in [-0.25, -0.2) is 9.59 Å². The number of carbonyl (C=O) groups excluding carboxylic acids is 2. The minimum absolute atomic E-state index is 0.0831. The van der Waals surface area contributed by atoms with Crippen molar-refractivity contribution in [1.82, 2.24) is 10.6 Å². The van der Waals surface area contributed by atoms with Crippen molar-refractivity contribution in [3.63, 3.8) is 0 Å². The number of aromatic carboxylic acids is 1. The first-order valence-corrected chi connectivity index (χ1v) is 9.00. The van der Waals surface area contributed by atoms with Crippen LogP contribution in [0.4, 0.5) is 4.79 Å². The van der Waals surface area contributed by atoms with Crippen LogP contribution in [0.15, 0.2) is 42.1 Å². The first-order valence-electron chi connectivity index (χ1n) is 8.62. The summed E-state index contributed by atoms with van der Waals surface area (Å²) in [5, 5.41) is 13.8. The summed E-state index contributed by atoms with van der Waals surface area (Å²) >= 11 is 6.35. The van der Waals surface area contributed by atoms with Crippen LogP contribution in [0.25, 0.3) is 6.08 Å². The molecule has 0 aliphatic carbocycles. The molecule has 2 aromatic carbocycles. The first kappa shape index (κ1) is 20.2. The molecule has 3 amide bonds. The summed E-state index contributed by atoms with van der Waals surface area (Å²) in [5.41, 5.74) is 1.43. The molecule has 1 aliphatic heterocycles. The van der Waals surface area contributed by atoms with Gasteiger partial charge in [-0.3, -0.25) is 10.1 Å². The second-order valence-electron chi connectivity index (χ2n) is 6.02. The topological polar surface area (TPSA) is 114 Å². The summed E-state index contributed by atoms with van der Waals surface area (Å²) in [4.78, 5) is 34.0. The second kappa shape index (κ2) is 8.66. The Labute approximate surface area is 171 Å². The molecule has 1 aliphatic rings. The van der Waals surface area contributed by atoms with Gasteiger partial charge in [-0.05, 0) is 48.4 Å².